The maximum absolute atomic E-state index is 11.9. The van der Waals surface area contributed by atoms with Crippen LogP contribution in [0.1, 0.15) is 26.7 Å². The van der Waals surface area contributed by atoms with Gasteiger partial charge in [-0.15, -0.1) is 0 Å². The molecule has 7 nitrogen and oxygen atoms in total. The zero-order valence-corrected chi connectivity index (χ0v) is 11.4. The minimum atomic E-state index is -3.64. The van der Waals surface area contributed by atoms with Gasteiger partial charge in [0.1, 0.15) is 0 Å². The molecule has 0 aromatic rings. The molecule has 0 heterocycles. The molecule has 1 amide bonds. The van der Waals surface area contributed by atoms with Crippen LogP contribution in [0.5, 0.6) is 0 Å². The smallest absolute Gasteiger partial charge is 0.303 e. The van der Waals surface area contributed by atoms with Gasteiger partial charge in [0.2, 0.25) is 15.9 Å². The van der Waals surface area contributed by atoms with Gasteiger partial charge in [-0.05, 0) is 12.3 Å². The molecular weight excluding hydrogens is 260 g/mol. The van der Waals surface area contributed by atoms with Gasteiger partial charge in [-0.1, -0.05) is 13.8 Å². The summed E-state index contributed by atoms with van der Waals surface area (Å²) in [6.45, 7) is 3.47. The monoisotopic (exact) mass is 280 g/mol. The molecule has 0 saturated heterocycles. The number of carbonyl (C=O) groups is 2. The van der Waals surface area contributed by atoms with E-state index < -0.39 is 21.9 Å². The lowest BCUT2D eigenvalue weighted by Gasteiger charge is -2.22. The number of nitrogens with two attached hydrogens (primary N) is 1. The maximum Gasteiger partial charge on any atom is 0.303 e. The number of amides is 1. The molecule has 0 unspecified atom stereocenters. The van der Waals surface area contributed by atoms with E-state index in [9.17, 15) is 18.0 Å². The third kappa shape index (κ3) is 7.23. The predicted molar refractivity (Wildman–Crippen MR) is 66.3 cm³/mol. The Bertz CT molecular complexity index is 391. The van der Waals surface area contributed by atoms with Gasteiger partial charge in [-0.3, -0.25) is 9.59 Å². The van der Waals surface area contributed by atoms with Crippen molar-refractivity contribution in [2.45, 2.75) is 26.7 Å². The molecule has 0 atom stereocenters. The Labute approximate surface area is 107 Å². The van der Waals surface area contributed by atoms with Crippen LogP contribution < -0.4 is 5.73 Å². The second-order valence-electron chi connectivity index (χ2n) is 4.47. The molecule has 0 spiro atoms. The van der Waals surface area contributed by atoms with Crippen LogP contribution in [0.15, 0.2) is 0 Å². The SMILES string of the molecule is CC(C)CN(CC(N)=O)S(=O)(=O)CCCC(=O)O. The molecule has 0 aliphatic rings. The molecule has 8 heteroatoms. The second-order valence-corrected chi connectivity index (χ2v) is 6.55. The summed E-state index contributed by atoms with van der Waals surface area (Å²) in [5, 5.41) is 8.46. The van der Waals surface area contributed by atoms with Crippen molar-refractivity contribution in [2.75, 3.05) is 18.8 Å². The molecule has 106 valence electrons. The molecule has 0 radical (unpaired) electrons. The number of sulfonamides is 1. The minimum absolute atomic E-state index is 0.0189. The van der Waals surface area contributed by atoms with E-state index in [4.69, 9.17) is 10.8 Å². The van der Waals surface area contributed by atoms with Gasteiger partial charge in [-0.25, -0.2) is 8.42 Å². The molecule has 0 bridgehead atoms. The highest BCUT2D eigenvalue weighted by Gasteiger charge is 2.24. The lowest BCUT2D eigenvalue weighted by atomic mass is 10.2. The quantitative estimate of drug-likeness (QED) is 0.597. The predicted octanol–water partition coefficient (Wildman–Crippen LogP) is -0.376. The first kappa shape index (κ1) is 16.9. The lowest BCUT2D eigenvalue weighted by Crippen LogP contribution is -2.41. The average Bonchev–Trinajstić information content (AvgIpc) is 2.13. The fraction of sp³-hybridized carbons (Fsp3) is 0.800. The molecule has 0 aromatic heterocycles. The lowest BCUT2D eigenvalue weighted by molar-refractivity contribution is -0.137. The zero-order valence-electron chi connectivity index (χ0n) is 10.6. The van der Waals surface area contributed by atoms with Gasteiger partial charge in [0.05, 0.1) is 12.3 Å². The van der Waals surface area contributed by atoms with Crippen molar-refractivity contribution in [3.8, 4) is 0 Å². The van der Waals surface area contributed by atoms with Gasteiger partial charge in [-0.2, -0.15) is 4.31 Å². The van der Waals surface area contributed by atoms with Gasteiger partial charge in [0.15, 0.2) is 0 Å². The molecule has 18 heavy (non-hydrogen) atoms. The molecule has 3 N–H and O–H groups in total. The van der Waals surface area contributed by atoms with Crippen LogP contribution in [-0.2, 0) is 19.6 Å². The first-order valence-electron chi connectivity index (χ1n) is 5.63. The molecule has 0 rings (SSSR count). The van der Waals surface area contributed by atoms with Crippen LogP contribution >= 0.6 is 0 Å². The van der Waals surface area contributed by atoms with E-state index in [2.05, 4.69) is 0 Å². The summed E-state index contributed by atoms with van der Waals surface area (Å²) in [7, 11) is -3.64. The number of carboxylic acids is 1. The summed E-state index contributed by atoms with van der Waals surface area (Å²) in [6, 6.07) is 0. The van der Waals surface area contributed by atoms with Gasteiger partial charge in [0, 0.05) is 13.0 Å². The zero-order chi connectivity index (χ0) is 14.3. The van der Waals surface area contributed by atoms with Crippen LogP contribution in [0.2, 0.25) is 0 Å². The number of aliphatic carboxylic acids is 1. The molecule has 0 saturated carbocycles. The normalized spacial score (nSPS) is 12.0. The Morgan fingerprint density at radius 3 is 2.28 bits per heavy atom. The van der Waals surface area contributed by atoms with Crippen molar-refractivity contribution in [1.82, 2.24) is 4.31 Å². The van der Waals surface area contributed by atoms with Crippen molar-refractivity contribution in [3.05, 3.63) is 0 Å². The Kier molecular flexibility index (Phi) is 6.85. The number of hydrogen-bond acceptors (Lipinski definition) is 4. The van der Waals surface area contributed by atoms with Crippen LogP contribution in [-0.4, -0.2) is 48.5 Å². The number of carboxylic acid groups (broad SMARTS) is 1. The van der Waals surface area contributed by atoms with Crippen LogP contribution in [0.3, 0.4) is 0 Å². The number of primary amides is 1. The van der Waals surface area contributed by atoms with Crippen molar-refractivity contribution < 1.29 is 23.1 Å². The van der Waals surface area contributed by atoms with Crippen molar-refractivity contribution >= 4 is 21.9 Å². The summed E-state index contributed by atoms with van der Waals surface area (Å²) >= 11 is 0. The Morgan fingerprint density at radius 2 is 1.89 bits per heavy atom. The van der Waals surface area contributed by atoms with Gasteiger partial charge >= 0.3 is 5.97 Å². The van der Waals surface area contributed by atoms with Crippen LogP contribution in [0, 0.1) is 5.92 Å². The summed E-state index contributed by atoms with van der Waals surface area (Å²) in [4.78, 5) is 21.2. The van der Waals surface area contributed by atoms with E-state index in [0.717, 1.165) is 4.31 Å². The van der Waals surface area contributed by atoms with Gasteiger partial charge < -0.3 is 10.8 Å². The minimum Gasteiger partial charge on any atom is -0.481 e. The van der Waals surface area contributed by atoms with Crippen molar-refractivity contribution in [3.63, 3.8) is 0 Å². The van der Waals surface area contributed by atoms with Crippen LogP contribution in [0.4, 0.5) is 0 Å². The topological polar surface area (TPSA) is 118 Å². The Balaban J connectivity index is 4.63. The van der Waals surface area contributed by atoms with Crippen LogP contribution in [0.25, 0.3) is 0 Å². The molecule has 0 fully saturated rings. The summed E-state index contributed by atoms with van der Waals surface area (Å²) < 4.78 is 24.8. The van der Waals surface area contributed by atoms with Crippen molar-refractivity contribution in [2.24, 2.45) is 11.7 Å². The van der Waals surface area contributed by atoms with Gasteiger partial charge in [0.25, 0.3) is 0 Å². The highest BCUT2D eigenvalue weighted by atomic mass is 32.2. The van der Waals surface area contributed by atoms with E-state index in [0.29, 0.717) is 0 Å². The highest BCUT2D eigenvalue weighted by molar-refractivity contribution is 7.89. The second kappa shape index (κ2) is 7.32. The average molecular weight is 280 g/mol. The fourth-order valence-electron chi connectivity index (χ4n) is 1.39. The highest BCUT2D eigenvalue weighted by Crippen LogP contribution is 2.08. The molecule has 0 aromatic carbocycles. The molecular formula is C10H20N2O5S. The largest absolute Gasteiger partial charge is 0.481 e. The first-order chi connectivity index (χ1) is 8.15. The fourth-order valence-corrected chi connectivity index (χ4v) is 3.01. The summed E-state index contributed by atoms with van der Waals surface area (Å²) in [5.74, 6) is -2.01. The van der Waals surface area contributed by atoms with Crippen molar-refractivity contribution in [1.29, 1.82) is 0 Å². The Hall–Kier alpha value is -1.15. The first-order valence-corrected chi connectivity index (χ1v) is 7.24. The molecule has 0 aliphatic carbocycles. The number of rotatable bonds is 9. The van der Waals surface area contributed by atoms with E-state index in [-0.39, 0.29) is 37.6 Å². The van der Waals surface area contributed by atoms with E-state index in [1.54, 1.807) is 0 Å². The maximum atomic E-state index is 11.9. The van der Waals surface area contributed by atoms with E-state index in [1.807, 2.05) is 13.8 Å². The summed E-state index contributed by atoms with van der Waals surface area (Å²) in [5.41, 5.74) is 5.00. The molecule has 0 aliphatic heterocycles. The third-order valence-electron chi connectivity index (χ3n) is 2.09. The number of nitrogens with zero attached hydrogens (tertiary/aromatic N) is 1. The Morgan fingerprint density at radius 1 is 1.33 bits per heavy atom. The van der Waals surface area contributed by atoms with E-state index >= 15 is 0 Å². The standard InChI is InChI=1S/C10H20N2O5S/c1-8(2)6-12(7-9(11)13)18(16,17)5-3-4-10(14)15/h8H,3-7H2,1-2H3,(H2,11,13)(H,14,15). The third-order valence-corrected chi connectivity index (χ3v) is 3.96. The van der Waals surface area contributed by atoms with E-state index in [1.165, 1.54) is 0 Å². The number of carbonyl (C=O) groups excluding carboxylic acids is 1. The number of hydrogen-bond donors (Lipinski definition) is 2. The summed E-state index contributed by atoms with van der Waals surface area (Å²) in [6.07, 6.45) is -0.198.